The van der Waals surface area contributed by atoms with Gasteiger partial charge in [0.15, 0.2) is 0 Å². The molecule has 0 aliphatic heterocycles. The molecule has 1 N–H and O–H groups in total. The fraction of sp³-hybridized carbons (Fsp3) is 0.300. The number of carbonyl (C=O) groups is 1. The molecule has 0 spiro atoms. The second kappa shape index (κ2) is 4.28. The third kappa shape index (κ3) is 2.74. The predicted molar refractivity (Wildman–Crippen MR) is 55.1 cm³/mol. The van der Waals surface area contributed by atoms with Crippen LogP contribution in [0.2, 0.25) is 5.02 Å². The van der Waals surface area contributed by atoms with Crippen LogP contribution in [0.1, 0.15) is 19.4 Å². The van der Waals surface area contributed by atoms with Crippen molar-refractivity contribution in [3.63, 3.8) is 0 Å². The molecule has 2 nitrogen and oxygen atoms in total. The van der Waals surface area contributed by atoms with E-state index in [1.54, 1.807) is 0 Å². The molecule has 0 saturated heterocycles. The van der Waals surface area contributed by atoms with E-state index in [9.17, 15) is 4.79 Å². The Morgan fingerprint density at radius 1 is 1.54 bits per heavy atom. The van der Waals surface area contributed by atoms with Crippen LogP contribution in [-0.2, 0) is 11.2 Å². The van der Waals surface area contributed by atoms with E-state index in [4.69, 9.17) is 11.6 Å². The van der Waals surface area contributed by atoms with Gasteiger partial charge in [-0.2, -0.15) is 0 Å². The minimum Gasteiger partial charge on any atom is -0.325 e. The smallest absolute Gasteiger partial charge is 0.221 e. The second-order valence-electron chi connectivity index (χ2n) is 2.85. The van der Waals surface area contributed by atoms with Crippen molar-refractivity contribution in [3.05, 3.63) is 28.8 Å². The summed E-state index contributed by atoms with van der Waals surface area (Å²) in [5.74, 6) is -0.105. The maximum Gasteiger partial charge on any atom is 0.221 e. The summed E-state index contributed by atoms with van der Waals surface area (Å²) in [5, 5.41) is 3.25. The van der Waals surface area contributed by atoms with Gasteiger partial charge in [-0.05, 0) is 24.1 Å². The van der Waals surface area contributed by atoms with Crippen molar-refractivity contribution in [2.45, 2.75) is 20.3 Å². The SMILES string of the molecule is CCc1ccc(NC(C)=O)c(Cl)c1. The topological polar surface area (TPSA) is 29.1 Å². The molecule has 0 aliphatic carbocycles. The molecule has 3 heteroatoms. The number of carbonyl (C=O) groups excluding carboxylic acids is 1. The highest BCUT2D eigenvalue weighted by Crippen LogP contribution is 2.22. The monoisotopic (exact) mass is 197 g/mol. The van der Waals surface area contributed by atoms with Crippen molar-refractivity contribution in [1.82, 2.24) is 0 Å². The summed E-state index contributed by atoms with van der Waals surface area (Å²) in [6.45, 7) is 3.52. The van der Waals surface area contributed by atoms with Crippen molar-refractivity contribution < 1.29 is 4.79 Å². The number of hydrogen-bond acceptors (Lipinski definition) is 1. The van der Waals surface area contributed by atoms with Crippen molar-refractivity contribution in [1.29, 1.82) is 0 Å². The molecule has 0 atom stereocenters. The standard InChI is InChI=1S/C10H12ClNO/c1-3-8-4-5-10(9(11)6-8)12-7(2)13/h4-6H,3H2,1-2H3,(H,12,13). The van der Waals surface area contributed by atoms with Gasteiger partial charge in [0.2, 0.25) is 5.91 Å². The molecule has 70 valence electrons. The van der Waals surface area contributed by atoms with Gasteiger partial charge in [-0.1, -0.05) is 24.6 Å². The first kappa shape index (κ1) is 10.1. The van der Waals surface area contributed by atoms with Crippen LogP contribution in [0.3, 0.4) is 0 Å². The normalized spacial score (nSPS) is 9.77. The summed E-state index contributed by atoms with van der Waals surface area (Å²) in [7, 11) is 0. The molecule has 0 aliphatic rings. The third-order valence-electron chi connectivity index (χ3n) is 1.75. The summed E-state index contributed by atoms with van der Waals surface area (Å²) in [6.07, 6.45) is 0.945. The van der Waals surface area contributed by atoms with Gasteiger partial charge in [-0.25, -0.2) is 0 Å². The van der Waals surface area contributed by atoms with Crippen molar-refractivity contribution in [3.8, 4) is 0 Å². The van der Waals surface area contributed by atoms with E-state index in [1.165, 1.54) is 12.5 Å². The maximum absolute atomic E-state index is 10.8. The van der Waals surface area contributed by atoms with Gasteiger partial charge >= 0.3 is 0 Å². The van der Waals surface area contributed by atoms with E-state index in [0.717, 1.165) is 6.42 Å². The van der Waals surface area contributed by atoms with Gasteiger partial charge in [0.1, 0.15) is 0 Å². The lowest BCUT2D eigenvalue weighted by Crippen LogP contribution is -2.06. The zero-order valence-electron chi connectivity index (χ0n) is 7.73. The molecule has 1 aromatic carbocycles. The Bertz CT molecular complexity index is 323. The summed E-state index contributed by atoms with van der Waals surface area (Å²) >= 11 is 5.94. The van der Waals surface area contributed by atoms with E-state index < -0.39 is 0 Å². The highest BCUT2D eigenvalue weighted by Gasteiger charge is 2.01. The lowest BCUT2D eigenvalue weighted by molar-refractivity contribution is -0.114. The number of halogens is 1. The first-order valence-corrected chi connectivity index (χ1v) is 4.57. The molecule has 1 rings (SSSR count). The highest BCUT2D eigenvalue weighted by molar-refractivity contribution is 6.33. The van der Waals surface area contributed by atoms with E-state index >= 15 is 0 Å². The van der Waals surface area contributed by atoms with Crippen LogP contribution >= 0.6 is 11.6 Å². The maximum atomic E-state index is 10.8. The Hall–Kier alpha value is -1.02. The van der Waals surface area contributed by atoms with E-state index in [1.807, 2.05) is 18.2 Å². The number of hydrogen-bond donors (Lipinski definition) is 1. The molecule has 1 amide bonds. The van der Waals surface area contributed by atoms with Gasteiger partial charge in [0.05, 0.1) is 10.7 Å². The number of rotatable bonds is 2. The van der Waals surface area contributed by atoms with Crippen LogP contribution in [0.5, 0.6) is 0 Å². The fourth-order valence-electron chi connectivity index (χ4n) is 1.07. The lowest BCUT2D eigenvalue weighted by Gasteiger charge is -2.05. The predicted octanol–water partition coefficient (Wildman–Crippen LogP) is 2.86. The minimum absolute atomic E-state index is 0.105. The number of aryl methyl sites for hydroxylation is 1. The molecular formula is C10H12ClNO. The van der Waals surface area contributed by atoms with Gasteiger partial charge in [0, 0.05) is 6.92 Å². The average molecular weight is 198 g/mol. The molecule has 13 heavy (non-hydrogen) atoms. The van der Waals surface area contributed by atoms with Gasteiger partial charge in [-0.15, -0.1) is 0 Å². The van der Waals surface area contributed by atoms with Crippen LogP contribution in [0.4, 0.5) is 5.69 Å². The Kier molecular flexibility index (Phi) is 3.32. The average Bonchev–Trinajstić information content (AvgIpc) is 2.08. The first-order chi connectivity index (χ1) is 6.13. The number of amides is 1. The second-order valence-corrected chi connectivity index (χ2v) is 3.26. The van der Waals surface area contributed by atoms with Gasteiger partial charge in [0.25, 0.3) is 0 Å². The van der Waals surface area contributed by atoms with Crippen molar-refractivity contribution in [2.75, 3.05) is 5.32 Å². The lowest BCUT2D eigenvalue weighted by atomic mass is 10.1. The largest absolute Gasteiger partial charge is 0.325 e. The Morgan fingerprint density at radius 3 is 2.69 bits per heavy atom. The number of nitrogens with one attached hydrogen (secondary N) is 1. The highest BCUT2D eigenvalue weighted by atomic mass is 35.5. The van der Waals surface area contributed by atoms with Crippen LogP contribution in [0, 0.1) is 0 Å². The summed E-state index contributed by atoms with van der Waals surface area (Å²) in [5.41, 5.74) is 1.84. The number of anilines is 1. The molecule has 0 unspecified atom stereocenters. The summed E-state index contributed by atoms with van der Waals surface area (Å²) < 4.78 is 0. The van der Waals surface area contributed by atoms with Crippen LogP contribution in [0.15, 0.2) is 18.2 Å². The van der Waals surface area contributed by atoms with E-state index in [-0.39, 0.29) is 5.91 Å². The molecule has 0 fully saturated rings. The Labute approximate surface area is 82.9 Å². The molecule has 0 saturated carbocycles. The van der Waals surface area contributed by atoms with Gasteiger partial charge < -0.3 is 5.32 Å². The van der Waals surface area contributed by atoms with Crippen LogP contribution < -0.4 is 5.32 Å². The van der Waals surface area contributed by atoms with Crippen molar-refractivity contribution in [2.24, 2.45) is 0 Å². The quantitative estimate of drug-likeness (QED) is 0.776. The van der Waals surface area contributed by atoms with Crippen molar-refractivity contribution >= 4 is 23.2 Å². The Morgan fingerprint density at radius 2 is 2.23 bits per heavy atom. The fourth-order valence-corrected chi connectivity index (χ4v) is 1.32. The van der Waals surface area contributed by atoms with Crippen LogP contribution in [-0.4, -0.2) is 5.91 Å². The molecule has 0 bridgehead atoms. The minimum atomic E-state index is -0.105. The molecule has 0 heterocycles. The zero-order chi connectivity index (χ0) is 9.84. The molecule has 0 radical (unpaired) electrons. The van der Waals surface area contributed by atoms with E-state index in [2.05, 4.69) is 12.2 Å². The van der Waals surface area contributed by atoms with E-state index in [0.29, 0.717) is 10.7 Å². The molecular weight excluding hydrogens is 186 g/mol. The molecule has 1 aromatic rings. The van der Waals surface area contributed by atoms with Crippen LogP contribution in [0.25, 0.3) is 0 Å². The Balaban J connectivity index is 2.91. The molecule has 0 aromatic heterocycles. The number of benzene rings is 1. The first-order valence-electron chi connectivity index (χ1n) is 4.19. The summed E-state index contributed by atoms with van der Waals surface area (Å²) in [4.78, 5) is 10.8. The third-order valence-corrected chi connectivity index (χ3v) is 2.07. The zero-order valence-corrected chi connectivity index (χ0v) is 8.48. The van der Waals surface area contributed by atoms with Gasteiger partial charge in [-0.3, -0.25) is 4.79 Å². The summed E-state index contributed by atoms with van der Waals surface area (Å²) in [6, 6.07) is 5.65.